The fraction of sp³-hybridized carbons (Fsp3) is 0.667. The maximum absolute atomic E-state index is 12.6. The minimum absolute atomic E-state index is 0.167. The van der Waals surface area contributed by atoms with Crippen LogP contribution in [0.5, 0.6) is 0 Å². The van der Waals surface area contributed by atoms with Crippen molar-refractivity contribution in [2.24, 2.45) is 13.0 Å². The first kappa shape index (κ1) is 14.1. The second-order valence-electron chi connectivity index (χ2n) is 5.47. The van der Waals surface area contributed by atoms with E-state index < -0.39 is 0 Å². The molecule has 0 spiro atoms. The van der Waals surface area contributed by atoms with Gasteiger partial charge in [-0.05, 0) is 50.4 Å². The molecule has 0 aliphatic carbocycles. The van der Waals surface area contributed by atoms with Gasteiger partial charge in [0.15, 0.2) is 0 Å². The number of piperidine rings is 1. The minimum atomic E-state index is 0.167. The van der Waals surface area contributed by atoms with Crippen molar-refractivity contribution in [2.45, 2.75) is 26.2 Å². The molecule has 0 aromatic carbocycles. The van der Waals surface area contributed by atoms with Gasteiger partial charge < -0.3 is 14.8 Å². The molecule has 0 radical (unpaired) electrons. The third-order valence-corrected chi connectivity index (χ3v) is 3.82. The predicted octanol–water partition coefficient (Wildman–Crippen LogP) is 1.88. The largest absolute Gasteiger partial charge is 0.347 e. The van der Waals surface area contributed by atoms with Crippen LogP contribution >= 0.6 is 0 Å². The highest BCUT2D eigenvalue weighted by molar-refractivity contribution is 5.92. The van der Waals surface area contributed by atoms with E-state index in [0.29, 0.717) is 5.92 Å². The lowest BCUT2D eigenvalue weighted by Gasteiger charge is -2.30. The molecular weight excluding hydrogens is 238 g/mol. The average molecular weight is 263 g/mol. The molecule has 19 heavy (non-hydrogen) atoms. The summed E-state index contributed by atoms with van der Waals surface area (Å²) in [6, 6.07) is 3.84. The van der Waals surface area contributed by atoms with Gasteiger partial charge in [0, 0.05) is 26.3 Å². The first-order chi connectivity index (χ1) is 9.22. The molecular formula is C15H25N3O. The first-order valence-corrected chi connectivity index (χ1v) is 7.33. The number of carbonyl (C=O) groups is 1. The number of nitrogens with zero attached hydrogens (tertiary/aromatic N) is 2. The van der Waals surface area contributed by atoms with Crippen molar-refractivity contribution in [3.63, 3.8) is 0 Å². The molecule has 1 amide bonds. The average Bonchev–Trinajstić information content (AvgIpc) is 2.85. The fourth-order valence-electron chi connectivity index (χ4n) is 2.78. The fourth-order valence-corrected chi connectivity index (χ4v) is 2.78. The minimum Gasteiger partial charge on any atom is -0.347 e. The van der Waals surface area contributed by atoms with Crippen LogP contribution in [0.3, 0.4) is 0 Å². The van der Waals surface area contributed by atoms with Gasteiger partial charge in [0.2, 0.25) is 0 Å². The van der Waals surface area contributed by atoms with Crippen LogP contribution < -0.4 is 5.32 Å². The molecule has 2 heterocycles. The third-order valence-electron chi connectivity index (χ3n) is 3.82. The molecule has 106 valence electrons. The number of aryl methyl sites for hydroxylation is 1. The van der Waals surface area contributed by atoms with Crippen LogP contribution in [0, 0.1) is 5.92 Å². The Morgan fingerprint density at radius 2 is 2.42 bits per heavy atom. The monoisotopic (exact) mass is 263 g/mol. The predicted molar refractivity (Wildman–Crippen MR) is 77.2 cm³/mol. The molecule has 0 bridgehead atoms. The third kappa shape index (κ3) is 3.60. The Morgan fingerprint density at radius 1 is 1.58 bits per heavy atom. The van der Waals surface area contributed by atoms with Crippen molar-refractivity contribution < 1.29 is 4.79 Å². The summed E-state index contributed by atoms with van der Waals surface area (Å²) in [5.74, 6) is 0.768. The summed E-state index contributed by atoms with van der Waals surface area (Å²) in [5, 5.41) is 3.42. The van der Waals surface area contributed by atoms with Crippen LogP contribution in [0.2, 0.25) is 0 Å². The summed E-state index contributed by atoms with van der Waals surface area (Å²) in [6.45, 7) is 6.02. The molecule has 4 nitrogen and oxygen atoms in total. The van der Waals surface area contributed by atoms with Crippen LogP contribution in [0.1, 0.15) is 36.7 Å². The number of hydrogen-bond acceptors (Lipinski definition) is 2. The molecule has 1 fully saturated rings. The Kier molecular flexibility index (Phi) is 5.02. The van der Waals surface area contributed by atoms with Gasteiger partial charge in [-0.25, -0.2) is 0 Å². The Balaban J connectivity index is 2.02. The Labute approximate surface area is 115 Å². The molecule has 1 aliphatic rings. The van der Waals surface area contributed by atoms with E-state index in [1.165, 1.54) is 12.8 Å². The van der Waals surface area contributed by atoms with E-state index in [9.17, 15) is 4.79 Å². The SMILES string of the molecule is CCCN(CC1CCCNC1)C(=O)c1cccn1C. The second kappa shape index (κ2) is 6.75. The Bertz CT molecular complexity index is 407. The number of aromatic nitrogens is 1. The number of nitrogens with one attached hydrogen (secondary N) is 1. The van der Waals surface area contributed by atoms with E-state index in [1.54, 1.807) is 0 Å². The van der Waals surface area contributed by atoms with Gasteiger partial charge in [-0.1, -0.05) is 6.92 Å². The summed E-state index contributed by atoms with van der Waals surface area (Å²) in [4.78, 5) is 14.6. The zero-order valence-electron chi connectivity index (χ0n) is 12.1. The van der Waals surface area contributed by atoms with Gasteiger partial charge >= 0.3 is 0 Å². The Hall–Kier alpha value is -1.29. The highest BCUT2D eigenvalue weighted by Gasteiger charge is 2.22. The number of carbonyl (C=O) groups excluding carboxylic acids is 1. The molecule has 2 rings (SSSR count). The standard InChI is InChI=1S/C15H25N3O/c1-3-9-18(12-13-6-4-8-16-11-13)15(19)14-7-5-10-17(14)2/h5,7,10,13,16H,3-4,6,8-9,11-12H2,1-2H3. The van der Waals surface area contributed by atoms with Crippen molar-refractivity contribution in [3.8, 4) is 0 Å². The van der Waals surface area contributed by atoms with E-state index in [0.717, 1.165) is 38.3 Å². The van der Waals surface area contributed by atoms with Crippen LogP contribution in [-0.4, -0.2) is 41.6 Å². The maximum atomic E-state index is 12.6. The van der Waals surface area contributed by atoms with Crippen molar-refractivity contribution in [2.75, 3.05) is 26.2 Å². The normalized spacial score (nSPS) is 19.4. The van der Waals surface area contributed by atoms with Gasteiger partial charge in [-0.15, -0.1) is 0 Å². The highest BCUT2D eigenvalue weighted by Crippen LogP contribution is 2.14. The number of rotatable bonds is 5. The van der Waals surface area contributed by atoms with Crippen LogP contribution in [-0.2, 0) is 7.05 Å². The molecule has 1 atom stereocenters. The van der Waals surface area contributed by atoms with Crippen molar-refractivity contribution >= 4 is 5.91 Å². The zero-order valence-corrected chi connectivity index (χ0v) is 12.1. The molecule has 1 unspecified atom stereocenters. The van der Waals surface area contributed by atoms with Crippen LogP contribution in [0.25, 0.3) is 0 Å². The molecule has 1 aromatic heterocycles. The lowest BCUT2D eigenvalue weighted by molar-refractivity contribution is 0.0709. The molecule has 1 aliphatic heterocycles. The van der Waals surface area contributed by atoms with Crippen molar-refractivity contribution in [1.82, 2.24) is 14.8 Å². The second-order valence-corrected chi connectivity index (χ2v) is 5.47. The lowest BCUT2D eigenvalue weighted by atomic mass is 9.99. The summed E-state index contributed by atoms with van der Waals surface area (Å²) in [6.07, 6.45) is 5.40. The Morgan fingerprint density at radius 3 is 3.00 bits per heavy atom. The van der Waals surface area contributed by atoms with Crippen LogP contribution in [0.4, 0.5) is 0 Å². The van der Waals surface area contributed by atoms with Gasteiger partial charge in [-0.2, -0.15) is 0 Å². The molecule has 1 N–H and O–H groups in total. The smallest absolute Gasteiger partial charge is 0.270 e. The lowest BCUT2D eigenvalue weighted by Crippen LogP contribution is -2.41. The van der Waals surface area contributed by atoms with E-state index in [-0.39, 0.29) is 5.91 Å². The van der Waals surface area contributed by atoms with Gasteiger partial charge in [0.1, 0.15) is 5.69 Å². The molecule has 1 aromatic rings. The van der Waals surface area contributed by atoms with Crippen molar-refractivity contribution in [1.29, 1.82) is 0 Å². The van der Waals surface area contributed by atoms with E-state index in [4.69, 9.17) is 0 Å². The summed E-state index contributed by atoms with van der Waals surface area (Å²) in [7, 11) is 1.93. The van der Waals surface area contributed by atoms with E-state index in [1.807, 2.05) is 34.8 Å². The maximum Gasteiger partial charge on any atom is 0.270 e. The summed E-state index contributed by atoms with van der Waals surface area (Å²) in [5.41, 5.74) is 0.789. The van der Waals surface area contributed by atoms with Gasteiger partial charge in [0.25, 0.3) is 5.91 Å². The van der Waals surface area contributed by atoms with Crippen LogP contribution in [0.15, 0.2) is 18.3 Å². The molecule has 4 heteroatoms. The topological polar surface area (TPSA) is 37.3 Å². The van der Waals surface area contributed by atoms with Gasteiger partial charge in [-0.3, -0.25) is 4.79 Å². The number of hydrogen-bond donors (Lipinski definition) is 1. The van der Waals surface area contributed by atoms with E-state index >= 15 is 0 Å². The van der Waals surface area contributed by atoms with Crippen molar-refractivity contribution in [3.05, 3.63) is 24.0 Å². The number of amides is 1. The molecule has 0 saturated carbocycles. The molecule has 1 saturated heterocycles. The zero-order chi connectivity index (χ0) is 13.7. The van der Waals surface area contributed by atoms with E-state index in [2.05, 4.69) is 12.2 Å². The highest BCUT2D eigenvalue weighted by atomic mass is 16.2. The summed E-state index contributed by atoms with van der Waals surface area (Å²) < 4.78 is 1.91. The quantitative estimate of drug-likeness (QED) is 0.880. The van der Waals surface area contributed by atoms with Gasteiger partial charge in [0.05, 0.1) is 0 Å². The summed E-state index contributed by atoms with van der Waals surface area (Å²) >= 11 is 0. The first-order valence-electron chi connectivity index (χ1n) is 7.33.